The van der Waals surface area contributed by atoms with E-state index in [1.54, 1.807) is 0 Å². The van der Waals surface area contributed by atoms with E-state index >= 15 is 0 Å². The largest absolute Gasteiger partial charge is 0.465 e. The van der Waals surface area contributed by atoms with Crippen LogP contribution in [0.2, 0.25) is 0 Å². The third-order valence-corrected chi connectivity index (χ3v) is 15.0. The number of carbonyl (C=O) groups excluding carboxylic acids is 7. The topological polar surface area (TPSA) is 384 Å². The van der Waals surface area contributed by atoms with Gasteiger partial charge in [-0.2, -0.15) is 0 Å². The minimum atomic E-state index is -0.748. The normalized spacial score (nSPS) is 12.0. The minimum Gasteiger partial charge on any atom is -0.465 e. The Balaban J connectivity index is 4.93. The number of amides is 3. The Hall–Kier alpha value is -5.85. The van der Waals surface area contributed by atoms with Gasteiger partial charge in [-0.1, -0.05) is 141 Å². The highest BCUT2D eigenvalue weighted by atomic mass is 16.6. The maximum atomic E-state index is 12.8. The van der Waals surface area contributed by atoms with E-state index < -0.39 is 29.9 Å². The van der Waals surface area contributed by atoms with Crippen LogP contribution in [0.25, 0.3) is 0 Å². The van der Waals surface area contributed by atoms with Gasteiger partial charge >= 0.3 is 23.9 Å². The van der Waals surface area contributed by atoms with Crippen molar-refractivity contribution in [1.82, 2.24) is 36.8 Å². The molecule has 0 saturated carbocycles. The van der Waals surface area contributed by atoms with Crippen molar-refractivity contribution in [3.63, 3.8) is 0 Å². The van der Waals surface area contributed by atoms with Crippen molar-refractivity contribution in [2.24, 2.45) is 28.9 Å². The average molecular weight is 1280 g/mol. The first-order valence-corrected chi connectivity index (χ1v) is 34.4. The molecule has 0 rings (SSSR count). The van der Waals surface area contributed by atoms with E-state index in [-0.39, 0.29) is 120 Å². The zero-order valence-corrected chi connectivity index (χ0v) is 55.7. The molecule has 0 aliphatic carbocycles. The fourth-order valence-corrected chi connectivity index (χ4v) is 9.43. The summed E-state index contributed by atoms with van der Waals surface area (Å²) in [5.41, 5.74) is 22.7. The van der Waals surface area contributed by atoms with E-state index in [0.717, 1.165) is 77.0 Å². The average Bonchev–Trinajstić information content (AvgIpc) is 3.71. The number of nitrogens with one attached hydrogen (secondary N) is 8. The number of unbranched alkanes of at least 4 members (excludes halogenated alkanes) is 22. The number of nitrogens with two attached hydrogens (primary N) is 4. The van der Waals surface area contributed by atoms with Crippen molar-refractivity contribution in [3.8, 4) is 0 Å². The van der Waals surface area contributed by atoms with Gasteiger partial charge in [0.1, 0.15) is 26.4 Å². The number of hydrogen-bond acceptors (Lipinski definition) is 17. The highest BCUT2D eigenvalue weighted by Gasteiger charge is 2.20. The zero-order chi connectivity index (χ0) is 66.3. The molecule has 0 aromatic rings. The number of rotatable bonds is 63. The van der Waals surface area contributed by atoms with Gasteiger partial charge in [0.2, 0.25) is 17.7 Å². The van der Waals surface area contributed by atoms with Crippen molar-refractivity contribution in [2.45, 2.75) is 244 Å². The highest BCUT2D eigenvalue weighted by Crippen LogP contribution is 2.14. The van der Waals surface area contributed by atoms with Crippen LogP contribution < -0.4 is 54.8 Å². The van der Waals surface area contributed by atoms with E-state index in [2.05, 4.69) is 70.1 Å². The summed E-state index contributed by atoms with van der Waals surface area (Å²) >= 11 is 0. The lowest BCUT2D eigenvalue weighted by molar-refractivity contribution is -0.155. The standard InChI is InChI=1S/C66H125N13O11/c1-3-5-7-9-11-13-15-17-19-21-23-25-27-29-31-37-59(81)88-52-55(53-89-60(82)38-32-30-28-26-24-22-20-18-16-14-12-10-8-6-4-2)54-90-62(84)40-39-61(83)87-50-46-74-58(80)51-73-43-47-79(48-44-75-63(85)56(67)35-33-41-77-65(69)70)49-45-76-64(86)57(68)36-34-42-78-66(71)72/h17-20,55-57,73H,3-16,21-54,67-68H2,1-2H3,(H,74,80)(H,75,85)(H,76,86)(H4,69,70,77)(H4,71,72,78)/b19-17-,20-18-. The van der Waals surface area contributed by atoms with Crippen molar-refractivity contribution < 1.29 is 52.5 Å². The van der Waals surface area contributed by atoms with Crippen LogP contribution in [0.1, 0.15) is 232 Å². The Labute approximate surface area is 540 Å². The van der Waals surface area contributed by atoms with Gasteiger partial charge < -0.3 is 73.8 Å². The third-order valence-electron chi connectivity index (χ3n) is 15.0. The van der Waals surface area contributed by atoms with Crippen LogP contribution in [0.4, 0.5) is 0 Å². The molecular formula is C66H125N13O11. The molecule has 0 fully saturated rings. The van der Waals surface area contributed by atoms with Crippen molar-refractivity contribution >= 4 is 53.5 Å². The summed E-state index contributed by atoms with van der Waals surface area (Å²) in [6, 6.07) is -1.50. The zero-order valence-electron chi connectivity index (χ0n) is 55.7. The van der Waals surface area contributed by atoms with Crippen LogP contribution in [0.3, 0.4) is 0 Å². The molecule has 24 heteroatoms. The lowest BCUT2D eigenvalue weighted by Crippen LogP contribution is -2.47. The monoisotopic (exact) mass is 1280 g/mol. The van der Waals surface area contributed by atoms with Gasteiger partial charge in [-0.05, 0) is 89.9 Å². The molecule has 2 atom stereocenters. The molecule has 90 heavy (non-hydrogen) atoms. The second kappa shape index (κ2) is 62.0. The molecule has 0 radical (unpaired) electrons. The molecule has 16 N–H and O–H groups in total. The van der Waals surface area contributed by atoms with E-state index in [9.17, 15) is 33.6 Å². The summed E-state index contributed by atoms with van der Waals surface area (Å²) in [6.45, 7) is 6.97. The quantitative estimate of drug-likeness (QED) is 0.00724. The molecule has 0 spiro atoms. The van der Waals surface area contributed by atoms with Gasteiger partial charge in [-0.15, -0.1) is 0 Å². The third kappa shape index (κ3) is 58.5. The van der Waals surface area contributed by atoms with Gasteiger partial charge in [-0.25, -0.2) is 0 Å². The number of hydrogen-bond donors (Lipinski definition) is 12. The molecule has 24 nitrogen and oxygen atoms in total. The lowest BCUT2D eigenvalue weighted by atomic mass is 10.1. The SMILES string of the molecule is CCCCCCCC/C=C\CCCCCCCC(=O)OCC(COC(=O)CCCCCCC/C=C\CCCCCCCC)COC(=O)CCC(=O)OCCNC(=O)CNCCN(CCNC(=O)C(N)CCCNC(=N)N)CCNC(=O)C(N)CCCNC(=N)N. The summed E-state index contributed by atoms with van der Waals surface area (Å²) in [5.74, 6) is -3.97. The highest BCUT2D eigenvalue weighted by molar-refractivity contribution is 5.82. The van der Waals surface area contributed by atoms with Crippen LogP contribution in [0.5, 0.6) is 0 Å². The van der Waals surface area contributed by atoms with Gasteiger partial charge in [0.25, 0.3) is 0 Å². The lowest BCUT2D eigenvalue weighted by Gasteiger charge is -2.24. The van der Waals surface area contributed by atoms with Crippen LogP contribution in [0, 0.1) is 16.7 Å². The molecule has 3 amide bonds. The van der Waals surface area contributed by atoms with Crippen LogP contribution >= 0.6 is 0 Å². The van der Waals surface area contributed by atoms with E-state index in [1.807, 2.05) is 4.90 Å². The van der Waals surface area contributed by atoms with E-state index in [1.165, 1.54) is 77.0 Å². The number of allylic oxidation sites excluding steroid dienone is 4. The Morgan fingerprint density at radius 1 is 0.411 bits per heavy atom. The maximum absolute atomic E-state index is 12.8. The second-order valence-electron chi connectivity index (χ2n) is 23.4. The summed E-state index contributed by atoms with van der Waals surface area (Å²) in [6.07, 6.45) is 41.0. The molecule has 520 valence electrons. The number of carbonyl (C=O) groups is 7. The van der Waals surface area contributed by atoms with Crippen LogP contribution in [-0.2, 0) is 52.5 Å². The fourth-order valence-electron chi connectivity index (χ4n) is 9.43. The molecule has 0 aliphatic rings. The summed E-state index contributed by atoms with van der Waals surface area (Å²) in [4.78, 5) is 90.7. The maximum Gasteiger partial charge on any atom is 0.306 e. The molecule has 2 unspecified atom stereocenters. The first kappa shape index (κ1) is 84.1. The number of guanidine groups is 2. The van der Waals surface area contributed by atoms with E-state index in [0.29, 0.717) is 77.8 Å². The minimum absolute atomic E-state index is 0.0284. The van der Waals surface area contributed by atoms with Crippen molar-refractivity contribution in [2.75, 3.05) is 91.9 Å². The fraction of sp³-hybridized carbons (Fsp3) is 0.803. The molecular weight excluding hydrogens is 1150 g/mol. The number of ether oxygens (including phenoxy) is 4. The molecule has 0 saturated heterocycles. The van der Waals surface area contributed by atoms with Crippen molar-refractivity contribution in [3.05, 3.63) is 24.3 Å². The molecule has 0 aromatic carbocycles. The molecule has 0 aromatic heterocycles. The molecule has 0 heterocycles. The van der Waals surface area contributed by atoms with Crippen molar-refractivity contribution in [1.29, 1.82) is 10.8 Å². The first-order chi connectivity index (χ1) is 43.6. The number of esters is 4. The summed E-state index contributed by atoms with van der Waals surface area (Å²) < 4.78 is 21.8. The summed E-state index contributed by atoms with van der Waals surface area (Å²) in [7, 11) is 0. The van der Waals surface area contributed by atoms with Crippen LogP contribution in [-0.4, -0.2) is 162 Å². The van der Waals surface area contributed by atoms with Gasteiger partial charge in [0.15, 0.2) is 11.9 Å². The molecule has 0 aliphatic heterocycles. The smallest absolute Gasteiger partial charge is 0.306 e. The Morgan fingerprint density at radius 2 is 0.767 bits per heavy atom. The number of nitrogens with zero attached hydrogens (tertiary/aromatic N) is 1. The Kier molecular flexibility index (Phi) is 58.0. The predicted molar refractivity (Wildman–Crippen MR) is 358 cm³/mol. The Bertz CT molecular complexity index is 1850. The van der Waals surface area contributed by atoms with Crippen LogP contribution in [0.15, 0.2) is 24.3 Å². The molecule has 0 bridgehead atoms. The second-order valence-corrected chi connectivity index (χ2v) is 23.4. The van der Waals surface area contributed by atoms with Gasteiger partial charge in [0.05, 0.1) is 43.9 Å². The summed E-state index contributed by atoms with van der Waals surface area (Å²) in [5, 5.41) is 31.2. The first-order valence-electron chi connectivity index (χ1n) is 34.4. The van der Waals surface area contributed by atoms with E-state index in [4.69, 9.17) is 52.7 Å². The van der Waals surface area contributed by atoms with Gasteiger partial charge in [-0.3, -0.25) is 49.3 Å². The predicted octanol–water partition coefficient (Wildman–Crippen LogP) is 7.05. The Morgan fingerprint density at radius 3 is 1.17 bits per heavy atom. The van der Waals surface area contributed by atoms with Gasteiger partial charge in [0, 0.05) is 65.2 Å².